The highest BCUT2D eigenvalue weighted by Crippen LogP contribution is 2.35. The van der Waals surface area contributed by atoms with Gasteiger partial charge in [-0.05, 0) is 54.8 Å². The number of rotatable bonds is 4. The molecule has 1 aliphatic rings. The van der Waals surface area contributed by atoms with E-state index in [1.165, 1.54) is 6.07 Å². The van der Waals surface area contributed by atoms with E-state index in [9.17, 15) is 18.0 Å². The van der Waals surface area contributed by atoms with Crippen molar-refractivity contribution < 1.29 is 27.8 Å². The molecule has 2 rings (SSSR count). The zero-order valence-electron chi connectivity index (χ0n) is 13.7. The normalized spacial score (nSPS) is 15.6. The van der Waals surface area contributed by atoms with Crippen molar-refractivity contribution in [3.05, 3.63) is 70.3 Å². The summed E-state index contributed by atoms with van der Waals surface area (Å²) >= 11 is 0. The number of alkyl halides is 3. The first-order valence-corrected chi connectivity index (χ1v) is 7.48. The van der Waals surface area contributed by atoms with E-state index in [4.69, 9.17) is 9.84 Å². The van der Waals surface area contributed by atoms with Gasteiger partial charge in [0.2, 0.25) is 0 Å². The predicted molar refractivity (Wildman–Crippen MR) is 89.2 cm³/mol. The van der Waals surface area contributed by atoms with Crippen molar-refractivity contribution in [2.75, 3.05) is 6.61 Å². The molecule has 3 nitrogen and oxygen atoms in total. The molecule has 0 bridgehead atoms. The molecule has 0 unspecified atom stereocenters. The molecule has 6 heteroatoms. The van der Waals surface area contributed by atoms with Crippen LogP contribution in [0.3, 0.4) is 0 Å². The Labute approximate surface area is 143 Å². The lowest BCUT2D eigenvalue weighted by molar-refractivity contribution is -0.137. The molecule has 25 heavy (non-hydrogen) atoms. The Hall–Kier alpha value is -2.76. The summed E-state index contributed by atoms with van der Waals surface area (Å²) in [6.45, 7) is 3.73. The quantitative estimate of drug-likeness (QED) is 0.613. The number of benzene rings is 1. The van der Waals surface area contributed by atoms with Crippen LogP contribution in [0.4, 0.5) is 13.2 Å². The van der Waals surface area contributed by atoms with E-state index in [1.807, 2.05) is 6.92 Å². The van der Waals surface area contributed by atoms with Crippen molar-refractivity contribution in [1.29, 1.82) is 0 Å². The molecule has 1 aromatic rings. The molecular weight excluding hydrogens is 333 g/mol. The molecule has 0 aliphatic carbocycles. The minimum atomic E-state index is -4.40. The predicted octanol–water partition coefficient (Wildman–Crippen LogP) is 5.01. The van der Waals surface area contributed by atoms with Crippen LogP contribution in [0.25, 0.3) is 6.08 Å². The van der Waals surface area contributed by atoms with Gasteiger partial charge < -0.3 is 9.84 Å². The molecule has 0 atom stereocenters. The number of carboxylic acid groups (broad SMARTS) is 1. The van der Waals surface area contributed by atoms with Crippen LogP contribution in [0.2, 0.25) is 0 Å². The Bertz CT molecular complexity index is 797. The monoisotopic (exact) mass is 350 g/mol. The van der Waals surface area contributed by atoms with E-state index in [2.05, 4.69) is 0 Å². The van der Waals surface area contributed by atoms with Crippen LogP contribution < -0.4 is 4.74 Å². The number of hydrogen-bond acceptors (Lipinski definition) is 2. The molecular formula is C19H17F3O3. The maximum atomic E-state index is 12.8. The fraction of sp³-hybridized carbons (Fsp3) is 0.211. The molecule has 0 aromatic heterocycles. The van der Waals surface area contributed by atoms with Gasteiger partial charge in [0.05, 0.1) is 5.56 Å². The summed E-state index contributed by atoms with van der Waals surface area (Å²) in [7, 11) is 0. The molecule has 0 radical (unpaired) electrons. The lowest BCUT2D eigenvalue weighted by Gasteiger charge is -2.19. The summed E-state index contributed by atoms with van der Waals surface area (Å²) in [5.74, 6) is -0.608. The van der Waals surface area contributed by atoms with Crippen LogP contribution in [-0.4, -0.2) is 17.7 Å². The molecule has 1 aromatic carbocycles. The Balaban J connectivity index is 2.24. The van der Waals surface area contributed by atoms with Gasteiger partial charge in [-0.15, -0.1) is 0 Å². The van der Waals surface area contributed by atoms with E-state index >= 15 is 0 Å². The first-order valence-electron chi connectivity index (χ1n) is 7.48. The number of fused-ring (bicyclic) bond motifs is 1. The first kappa shape index (κ1) is 18.6. The lowest BCUT2D eigenvalue weighted by atomic mass is 10.00. The van der Waals surface area contributed by atoms with E-state index in [1.54, 1.807) is 31.2 Å². The third-order valence-electron chi connectivity index (χ3n) is 3.61. The summed E-state index contributed by atoms with van der Waals surface area (Å²) in [5.41, 5.74) is 1.82. The van der Waals surface area contributed by atoms with Crippen LogP contribution in [0.1, 0.15) is 25.0 Å². The Morgan fingerprint density at radius 1 is 1.28 bits per heavy atom. The maximum Gasteiger partial charge on any atom is 0.416 e. The van der Waals surface area contributed by atoms with Gasteiger partial charge >= 0.3 is 12.1 Å². The van der Waals surface area contributed by atoms with Crippen molar-refractivity contribution in [1.82, 2.24) is 0 Å². The smallest absolute Gasteiger partial charge is 0.416 e. The number of carboxylic acids is 1. The minimum Gasteiger partial charge on any atom is -0.488 e. The van der Waals surface area contributed by atoms with Crippen molar-refractivity contribution in [3.63, 3.8) is 0 Å². The largest absolute Gasteiger partial charge is 0.488 e. The number of ether oxygens (including phenoxy) is 1. The van der Waals surface area contributed by atoms with Gasteiger partial charge in [0.15, 0.2) is 0 Å². The number of allylic oxidation sites excluding steroid dienone is 4. The van der Waals surface area contributed by atoms with Crippen LogP contribution in [0.15, 0.2) is 59.2 Å². The zero-order chi connectivity index (χ0) is 18.6. The molecule has 1 N–H and O–H groups in total. The lowest BCUT2D eigenvalue weighted by Crippen LogP contribution is -2.10. The van der Waals surface area contributed by atoms with E-state index < -0.39 is 17.7 Å². The van der Waals surface area contributed by atoms with Gasteiger partial charge in [-0.25, -0.2) is 4.79 Å². The molecule has 0 saturated heterocycles. The van der Waals surface area contributed by atoms with Gasteiger partial charge in [-0.2, -0.15) is 13.2 Å². The second-order valence-corrected chi connectivity index (χ2v) is 5.64. The van der Waals surface area contributed by atoms with Crippen molar-refractivity contribution >= 4 is 12.0 Å². The second-order valence-electron chi connectivity index (χ2n) is 5.64. The van der Waals surface area contributed by atoms with Crippen molar-refractivity contribution in [2.45, 2.75) is 20.0 Å². The summed E-state index contributed by atoms with van der Waals surface area (Å²) in [6.07, 6.45) is 3.44. The van der Waals surface area contributed by atoms with Gasteiger partial charge in [0.25, 0.3) is 0 Å². The maximum absolute atomic E-state index is 12.8. The molecule has 1 heterocycles. The van der Waals surface area contributed by atoms with Crippen molar-refractivity contribution in [3.8, 4) is 5.75 Å². The molecule has 0 fully saturated rings. The molecule has 0 amide bonds. The van der Waals surface area contributed by atoms with Crippen LogP contribution in [0, 0.1) is 0 Å². The molecule has 0 spiro atoms. The third kappa shape index (κ3) is 5.11. The summed E-state index contributed by atoms with van der Waals surface area (Å²) in [4.78, 5) is 10.5. The van der Waals surface area contributed by atoms with E-state index in [-0.39, 0.29) is 6.61 Å². The Morgan fingerprint density at radius 2 is 2.00 bits per heavy atom. The molecule has 0 saturated carbocycles. The number of aliphatic carboxylic acids is 1. The first-order chi connectivity index (χ1) is 11.7. The van der Waals surface area contributed by atoms with Gasteiger partial charge in [-0.3, -0.25) is 0 Å². The highest BCUT2D eigenvalue weighted by Gasteiger charge is 2.31. The number of carbonyl (C=O) groups is 1. The number of halogens is 3. The topological polar surface area (TPSA) is 46.5 Å². The summed E-state index contributed by atoms with van der Waals surface area (Å²) in [6, 6.07) is 3.39. The fourth-order valence-corrected chi connectivity index (χ4v) is 2.28. The molecule has 1 aliphatic heterocycles. The average Bonchev–Trinajstić information content (AvgIpc) is 2.52. The highest BCUT2D eigenvalue weighted by atomic mass is 19.4. The van der Waals surface area contributed by atoms with Crippen LogP contribution in [-0.2, 0) is 11.0 Å². The standard InChI is InChI=1S/C19H17F3O3/c1-12(8-18(23)24)4-3-5-13(2)15-9-14-10-16(19(20,21)22)6-7-17(14)25-11-15/h3-10H,11H2,1-2H3,(H,23,24)/b4-3+,12-8+,13-5+. The number of hydrogen-bond donors (Lipinski definition) is 1. The summed E-state index contributed by atoms with van der Waals surface area (Å²) in [5, 5.41) is 8.64. The van der Waals surface area contributed by atoms with E-state index in [0.29, 0.717) is 16.9 Å². The highest BCUT2D eigenvalue weighted by molar-refractivity contribution is 5.81. The van der Waals surface area contributed by atoms with Crippen molar-refractivity contribution in [2.24, 2.45) is 0 Å². The Kier molecular flexibility index (Phi) is 5.51. The van der Waals surface area contributed by atoms with Gasteiger partial charge in [0, 0.05) is 11.6 Å². The van der Waals surface area contributed by atoms with E-state index in [0.717, 1.165) is 29.4 Å². The SMILES string of the molecule is CC(/C=C/C=C(\C)C1=Cc2cc(C(F)(F)F)ccc2OC1)=C\C(=O)O. The van der Waals surface area contributed by atoms with Gasteiger partial charge in [0.1, 0.15) is 12.4 Å². The molecule has 132 valence electrons. The fourth-order valence-electron chi connectivity index (χ4n) is 2.28. The van der Waals surface area contributed by atoms with Crippen LogP contribution in [0.5, 0.6) is 5.75 Å². The van der Waals surface area contributed by atoms with Gasteiger partial charge in [-0.1, -0.05) is 18.2 Å². The second kappa shape index (κ2) is 7.42. The minimum absolute atomic E-state index is 0.262. The zero-order valence-corrected chi connectivity index (χ0v) is 13.7. The Morgan fingerprint density at radius 3 is 2.64 bits per heavy atom. The third-order valence-corrected chi connectivity index (χ3v) is 3.61. The summed E-state index contributed by atoms with van der Waals surface area (Å²) < 4.78 is 44.0. The average molecular weight is 350 g/mol. The van der Waals surface area contributed by atoms with Crippen LogP contribution >= 0.6 is 0 Å².